The van der Waals surface area contributed by atoms with Crippen LogP contribution in [0.2, 0.25) is 0 Å². The summed E-state index contributed by atoms with van der Waals surface area (Å²) in [5, 5.41) is 3.26. The molecule has 1 aliphatic rings. The second kappa shape index (κ2) is 7.17. The van der Waals surface area contributed by atoms with Crippen LogP contribution < -0.4 is 5.32 Å². The number of ether oxygens (including phenoxy) is 2. The summed E-state index contributed by atoms with van der Waals surface area (Å²) in [5.41, 5.74) is 1.68. The molecule has 2 rings (SSSR count). The molecule has 0 aliphatic carbocycles. The second-order valence-corrected chi connectivity index (χ2v) is 4.57. The van der Waals surface area contributed by atoms with Gasteiger partial charge in [-0.1, -0.05) is 12.6 Å². The molecule has 1 unspecified atom stereocenters. The maximum Gasteiger partial charge on any atom is 0.201 e. The zero-order chi connectivity index (χ0) is 14.4. The number of aromatic nitrogens is 1. The lowest BCUT2D eigenvalue weighted by Gasteiger charge is -2.24. The summed E-state index contributed by atoms with van der Waals surface area (Å²) in [6.07, 6.45) is 1.86. The molecule has 5 nitrogen and oxygen atoms in total. The summed E-state index contributed by atoms with van der Waals surface area (Å²) in [4.78, 5) is 16.4. The molecular formula is C15H20N2O3. The first-order valence-electron chi connectivity index (χ1n) is 6.83. The van der Waals surface area contributed by atoms with E-state index in [4.69, 9.17) is 9.47 Å². The van der Waals surface area contributed by atoms with Gasteiger partial charge in [0.2, 0.25) is 5.78 Å². The van der Waals surface area contributed by atoms with Gasteiger partial charge in [-0.05, 0) is 18.6 Å². The van der Waals surface area contributed by atoms with Crippen molar-refractivity contribution < 1.29 is 14.3 Å². The predicted molar refractivity (Wildman–Crippen MR) is 75.3 cm³/mol. The van der Waals surface area contributed by atoms with Crippen LogP contribution in [0.15, 0.2) is 30.7 Å². The van der Waals surface area contributed by atoms with Crippen molar-refractivity contribution in [3.63, 3.8) is 0 Å². The number of Topliss-reactive ketones (excluding diaryl/α,β-unsaturated/α-hetero) is 1. The monoisotopic (exact) mass is 276 g/mol. The zero-order valence-electron chi connectivity index (χ0n) is 11.7. The van der Waals surface area contributed by atoms with Crippen molar-refractivity contribution in [1.82, 2.24) is 10.3 Å². The van der Waals surface area contributed by atoms with Gasteiger partial charge in [0, 0.05) is 25.7 Å². The van der Waals surface area contributed by atoms with E-state index in [2.05, 4.69) is 16.9 Å². The van der Waals surface area contributed by atoms with Crippen LogP contribution in [0.25, 0.3) is 0 Å². The van der Waals surface area contributed by atoms with Crippen LogP contribution in [0.4, 0.5) is 0 Å². The third-order valence-corrected chi connectivity index (χ3v) is 3.14. The van der Waals surface area contributed by atoms with Gasteiger partial charge in [-0.15, -0.1) is 0 Å². The van der Waals surface area contributed by atoms with E-state index >= 15 is 0 Å². The lowest BCUT2D eigenvalue weighted by atomic mass is 10.0. The first kappa shape index (κ1) is 14.7. The first-order valence-corrected chi connectivity index (χ1v) is 6.83. The molecule has 2 heterocycles. The van der Waals surface area contributed by atoms with Crippen LogP contribution in [0, 0.1) is 0 Å². The highest BCUT2D eigenvalue weighted by Crippen LogP contribution is 2.21. The molecule has 1 aromatic heterocycles. The van der Waals surface area contributed by atoms with Gasteiger partial charge in [0.15, 0.2) is 5.76 Å². The molecule has 0 bridgehead atoms. The molecule has 0 aromatic carbocycles. The molecule has 1 saturated heterocycles. The Labute approximate surface area is 119 Å². The van der Waals surface area contributed by atoms with Crippen LogP contribution in [0.3, 0.4) is 0 Å². The van der Waals surface area contributed by atoms with Gasteiger partial charge < -0.3 is 14.8 Å². The fourth-order valence-electron chi connectivity index (χ4n) is 2.16. The zero-order valence-corrected chi connectivity index (χ0v) is 11.7. The molecule has 0 saturated carbocycles. The fourth-order valence-corrected chi connectivity index (χ4v) is 2.16. The second-order valence-electron chi connectivity index (χ2n) is 4.57. The number of nitrogens with zero attached hydrogens (tertiary/aromatic N) is 1. The molecule has 0 spiro atoms. The molecule has 1 N–H and O–H groups in total. The smallest absolute Gasteiger partial charge is 0.201 e. The standard InChI is InChI=1S/C15H20N2O3/c1-3-19-11(2)13(18)9-12-5-4-6-17-15(12)14-10-16-7-8-20-14/h4-6,14,16H,2-3,7-10H2,1H3. The number of allylic oxidation sites excluding steroid dienone is 1. The van der Waals surface area contributed by atoms with Crippen LogP contribution in [0.1, 0.15) is 24.3 Å². The molecule has 0 amide bonds. The Bertz CT molecular complexity index is 482. The Morgan fingerprint density at radius 3 is 3.20 bits per heavy atom. The number of pyridine rings is 1. The number of carbonyl (C=O) groups excluding carboxylic acids is 1. The van der Waals surface area contributed by atoms with Crippen molar-refractivity contribution in [2.24, 2.45) is 0 Å². The number of hydrogen-bond acceptors (Lipinski definition) is 5. The first-order chi connectivity index (χ1) is 9.72. The van der Waals surface area contributed by atoms with Gasteiger partial charge in [-0.3, -0.25) is 9.78 Å². The van der Waals surface area contributed by atoms with E-state index in [1.54, 1.807) is 6.20 Å². The molecule has 1 aromatic rings. The van der Waals surface area contributed by atoms with E-state index in [9.17, 15) is 4.79 Å². The van der Waals surface area contributed by atoms with Crippen molar-refractivity contribution in [2.45, 2.75) is 19.4 Å². The maximum absolute atomic E-state index is 12.0. The van der Waals surface area contributed by atoms with Gasteiger partial charge in [-0.2, -0.15) is 0 Å². The van der Waals surface area contributed by atoms with Crippen LogP contribution in [0.5, 0.6) is 0 Å². The topological polar surface area (TPSA) is 60.5 Å². The Kier molecular flexibility index (Phi) is 5.26. The van der Waals surface area contributed by atoms with E-state index in [-0.39, 0.29) is 24.1 Å². The normalized spacial score (nSPS) is 18.6. The Morgan fingerprint density at radius 2 is 2.50 bits per heavy atom. The number of carbonyl (C=O) groups is 1. The quantitative estimate of drug-likeness (QED) is 0.628. The molecular weight excluding hydrogens is 256 g/mol. The molecule has 5 heteroatoms. The highest BCUT2D eigenvalue weighted by Gasteiger charge is 2.21. The number of nitrogens with one attached hydrogen (secondary N) is 1. The minimum absolute atomic E-state index is 0.104. The minimum Gasteiger partial charge on any atom is -0.491 e. The van der Waals surface area contributed by atoms with Crippen molar-refractivity contribution in [3.8, 4) is 0 Å². The third-order valence-electron chi connectivity index (χ3n) is 3.14. The minimum atomic E-state index is -0.120. The largest absolute Gasteiger partial charge is 0.491 e. The third kappa shape index (κ3) is 3.65. The van der Waals surface area contributed by atoms with E-state index in [1.807, 2.05) is 19.1 Å². The SMILES string of the molecule is C=C(OCC)C(=O)Cc1cccnc1C1CNCCO1. The highest BCUT2D eigenvalue weighted by molar-refractivity contribution is 5.94. The summed E-state index contributed by atoms with van der Waals surface area (Å²) >= 11 is 0. The lowest BCUT2D eigenvalue weighted by Crippen LogP contribution is -2.34. The summed E-state index contributed by atoms with van der Waals surface area (Å²) in [6, 6.07) is 3.73. The van der Waals surface area contributed by atoms with E-state index in [0.29, 0.717) is 19.8 Å². The number of hydrogen-bond donors (Lipinski definition) is 1. The van der Waals surface area contributed by atoms with Gasteiger partial charge in [0.25, 0.3) is 0 Å². The average Bonchev–Trinajstić information content (AvgIpc) is 2.49. The molecule has 108 valence electrons. The van der Waals surface area contributed by atoms with Crippen molar-refractivity contribution in [2.75, 3.05) is 26.3 Å². The predicted octanol–water partition coefficient (Wildman–Crippen LogP) is 1.40. The van der Waals surface area contributed by atoms with Gasteiger partial charge in [-0.25, -0.2) is 0 Å². The van der Waals surface area contributed by atoms with Gasteiger partial charge >= 0.3 is 0 Å². The summed E-state index contributed by atoms with van der Waals surface area (Å²) in [7, 11) is 0. The van der Waals surface area contributed by atoms with Crippen molar-refractivity contribution in [3.05, 3.63) is 41.9 Å². The number of rotatable bonds is 6. The lowest BCUT2D eigenvalue weighted by molar-refractivity contribution is -0.118. The van der Waals surface area contributed by atoms with Crippen LogP contribution >= 0.6 is 0 Å². The van der Waals surface area contributed by atoms with Crippen molar-refractivity contribution >= 4 is 5.78 Å². The Balaban J connectivity index is 2.11. The highest BCUT2D eigenvalue weighted by atomic mass is 16.5. The summed E-state index contributed by atoms with van der Waals surface area (Å²) < 4.78 is 10.9. The van der Waals surface area contributed by atoms with E-state index in [0.717, 1.165) is 17.8 Å². The molecule has 1 aliphatic heterocycles. The van der Waals surface area contributed by atoms with Gasteiger partial charge in [0.05, 0.1) is 18.9 Å². The number of ketones is 1. The Hall–Kier alpha value is -1.72. The van der Waals surface area contributed by atoms with Crippen LogP contribution in [-0.4, -0.2) is 37.1 Å². The summed E-state index contributed by atoms with van der Waals surface area (Å²) in [6.45, 7) is 8.13. The average molecular weight is 276 g/mol. The molecule has 0 radical (unpaired) electrons. The molecule has 20 heavy (non-hydrogen) atoms. The number of morpholine rings is 1. The molecule has 1 fully saturated rings. The summed E-state index contributed by atoms with van der Waals surface area (Å²) in [5.74, 6) is 0.0786. The fraction of sp³-hybridized carbons (Fsp3) is 0.467. The van der Waals surface area contributed by atoms with E-state index in [1.165, 1.54) is 0 Å². The van der Waals surface area contributed by atoms with Crippen molar-refractivity contribution in [1.29, 1.82) is 0 Å². The Morgan fingerprint density at radius 1 is 1.65 bits per heavy atom. The maximum atomic E-state index is 12.0. The van der Waals surface area contributed by atoms with Crippen LogP contribution in [-0.2, 0) is 20.7 Å². The molecule has 1 atom stereocenters. The van der Waals surface area contributed by atoms with Gasteiger partial charge in [0.1, 0.15) is 6.10 Å². The van der Waals surface area contributed by atoms with E-state index < -0.39 is 0 Å².